The highest BCUT2D eigenvalue weighted by Crippen LogP contribution is 2.26. The van der Waals surface area contributed by atoms with E-state index >= 15 is 0 Å². The Morgan fingerprint density at radius 2 is 2.10 bits per heavy atom. The Labute approximate surface area is 185 Å². The van der Waals surface area contributed by atoms with Crippen LogP contribution < -0.4 is 10.1 Å². The van der Waals surface area contributed by atoms with Gasteiger partial charge in [-0.3, -0.25) is 9.36 Å². The molecule has 8 heteroatoms. The summed E-state index contributed by atoms with van der Waals surface area (Å²) in [6.07, 6.45) is 1.46. The van der Waals surface area contributed by atoms with Crippen LogP contribution in [-0.4, -0.2) is 26.4 Å². The molecule has 0 radical (unpaired) electrons. The lowest BCUT2D eigenvalue weighted by molar-refractivity contribution is -0.113. The number of carbonyl (C=O) groups is 1. The second-order valence-electron chi connectivity index (χ2n) is 6.61. The van der Waals surface area contributed by atoms with Crippen molar-refractivity contribution < 1.29 is 9.53 Å². The van der Waals surface area contributed by atoms with Gasteiger partial charge >= 0.3 is 0 Å². The fourth-order valence-corrected chi connectivity index (χ4v) is 3.78. The maximum atomic E-state index is 12.3. The van der Waals surface area contributed by atoms with Gasteiger partial charge in [0.1, 0.15) is 5.75 Å². The lowest BCUT2D eigenvalue weighted by Crippen LogP contribution is -2.15. The number of anilines is 1. The Kier molecular flexibility index (Phi) is 7.54. The van der Waals surface area contributed by atoms with E-state index < -0.39 is 0 Å². The number of hydrogen-bond acceptors (Lipinski definition) is 5. The van der Waals surface area contributed by atoms with Crippen molar-refractivity contribution in [3.8, 4) is 5.75 Å². The number of para-hydroxylation sites is 1. The van der Waals surface area contributed by atoms with Crippen molar-refractivity contribution in [2.75, 3.05) is 11.1 Å². The maximum absolute atomic E-state index is 12.3. The number of thioether (sulfide) groups is 1. The molecule has 0 fully saturated rings. The van der Waals surface area contributed by atoms with E-state index in [0.29, 0.717) is 28.2 Å². The molecule has 156 valence electrons. The molecule has 0 spiro atoms. The minimum Gasteiger partial charge on any atom is -0.482 e. The van der Waals surface area contributed by atoms with Gasteiger partial charge in [-0.15, -0.1) is 16.8 Å². The van der Waals surface area contributed by atoms with E-state index in [1.54, 1.807) is 30.3 Å². The first-order valence-corrected chi connectivity index (χ1v) is 10.8. The van der Waals surface area contributed by atoms with Crippen LogP contribution in [0.15, 0.2) is 66.3 Å². The van der Waals surface area contributed by atoms with Gasteiger partial charge in [0, 0.05) is 17.3 Å². The van der Waals surface area contributed by atoms with Crippen LogP contribution >= 0.6 is 23.4 Å². The van der Waals surface area contributed by atoms with E-state index in [1.165, 1.54) is 11.8 Å². The number of hydrogen-bond donors (Lipinski definition) is 1. The molecular weight excluding hydrogens is 420 g/mol. The lowest BCUT2D eigenvalue weighted by Gasteiger charge is -2.17. The highest BCUT2D eigenvalue weighted by molar-refractivity contribution is 7.99. The average molecular weight is 443 g/mol. The van der Waals surface area contributed by atoms with Crippen molar-refractivity contribution in [2.45, 2.75) is 31.7 Å². The van der Waals surface area contributed by atoms with Crippen LogP contribution in [0.25, 0.3) is 0 Å². The Bertz CT molecular complexity index is 1040. The van der Waals surface area contributed by atoms with E-state index in [2.05, 4.69) is 22.1 Å². The number of benzene rings is 2. The molecule has 3 aromatic rings. The number of allylic oxidation sites excluding steroid dienone is 1. The molecule has 1 amide bonds. The van der Waals surface area contributed by atoms with E-state index in [1.807, 2.05) is 42.7 Å². The fraction of sp³-hybridized carbons (Fsp3) is 0.227. The smallest absolute Gasteiger partial charge is 0.234 e. The molecule has 0 saturated heterocycles. The van der Waals surface area contributed by atoms with Gasteiger partial charge in [0.15, 0.2) is 17.1 Å². The number of amides is 1. The SMILES string of the molecule is C=CCn1c(SCC(=O)Nc2cccc(Cl)c2)nnc1C(C)Oc1ccccc1C. The summed E-state index contributed by atoms with van der Waals surface area (Å²) in [4.78, 5) is 12.3. The second-order valence-corrected chi connectivity index (χ2v) is 7.99. The van der Waals surface area contributed by atoms with Crippen LogP contribution in [0.1, 0.15) is 24.4 Å². The van der Waals surface area contributed by atoms with E-state index in [0.717, 1.165) is 11.3 Å². The Hall–Kier alpha value is -2.77. The molecule has 0 aliphatic rings. The lowest BCUT2D eigenvalue weighted by atomic mass is 10.2. The van der Waals surface area contributed by atoms with Crippen LogP contribution in [0.5, 0.6) is 5.75 Å². The summed E-state index contributed by atoms with van der Waals surface area (Å²) < 4.78 is 8.00. The predicted octanol–water partition coefficient (Wildman–Crippen LogP) is 5.30. The molecular formula is C22H23ClN4O2S. The van der Waals surface area contributed by atoms with E-state index in [9.17, 15) is 4.79 Å². The molecule has 2 aromatic carbocycles. The quantitative estimate of drug-likeness (QED) is 0.360. The number of nitrogens with one attached hydrogen (secondary N) is 1. The second kappa shape index (κ2) is 10.3. The first kappa shape index (κ1) is 21.9. The highest BCUT2D eigenvalue weighted by atomic mass is 35.5. The zero-order valence-corrected chi connectivity index (χ0v) is 18.4. The molecule has 3 rings (SSSR count). The van der Waals surface area contributed by atoms with Gasteiger partial charge < -0.3 is 10.1 Å². The summed E-state index contributed by atoms with van der Waals surface area (Å²) in [5, 5.41) is 12.6. The summed E-state index contributed by atoms with van der Waals surface area (Å²) in [5.74, 6) is 1.51. The molecule has 0 aliphatic carbocycles. The number of ether oxygens (including phenoxy) is 1. The number of carbonyl (C=O) groups excluding carboxylic acids is 1. The summed E-state index contributed by atoms with van der Waals surface area (Å²) in [5.41, 5.74) is 1.70. The molecule has 0 saturated carbocycles. The third kappa shape index (κ3) is 5.64. The van der Waals surface area contributed by atoms with Crippen molar-refractivity contribution in [2.24, 2.45) is 0 Å². The van der Waals surface area contributed by atoms with Gasteiger partial charge in [0.25, 0.3) is 0 Å². The topological polar surface area (TPSA) is 69.0 Å². The molecule has 1 aromatic heterocycles. The van der Waals surface area contributed by atoms with Crippen LogP contribution in [0, 0.1) is 6.92 Å². The van der Waals surface area contributed by atoms with Gasteiger partial charge in [-0.05, 0) is 43.7 Å². The number of aromatic nitrogens is 3. The molecule has 6 nitrogen and oxygen atoms in total. The number of rotatable bonds is 9. The van der Waals surface area contributed by atoms with Crippen LogP contribution in [0.4, 0.5) is 5.69 Å². The zero-order valence-electron chi connectivity index (χ0n) is 16.8. The first-order chi connectivity index (χ1) is 14.5. The van der Waals surface area contributed by atoms with Crippen LogP contribution in [-0.2, 0) is 11.3 Å². The molecule has 1 unspecified atom stereocenters. The number of halogens is 1. The molecule has 0 aliphatic heterocycles. The van der Waals surface area contributed by atoms with E-state index in [4.69, 9.17) is 16.3 Å². The summed E-state index contributed by atoms with van der Waals surface area (Å²) in [6, 6.07) is 14.9. The van der Waals surface area contributed by atoms with Gasteiger partial charge in [-0.1, -0.05) is 53.7 Å². The van der Waals surface area contributed by atoms with Crippen molar-refractivity contribution >= 4 is 35.0 Å². The fourth-order valence-electron chi connectivity index (χ4n) is 2.83. The highest BCUT2D eigenvalue weighted by Gasteiger charge is 2.20. The normalized spacial score (nSPS) is 11.7. The Morgan fingerprint density at radius 1 is 1.30 bits per heavy atom. The standard InChI is InChI=1S/C22H23ClN4O2S/c1-4-12-27-21(16(3)29-19-11-6-5-8-15(19)2)25-26-22(27)30-14-20(28)24-18-10-7-9-17(23)13-18/h4-11,13,16H,1,12,14H2,2-3H3,(H,24,28). The van der Waals surface area contributed by atoms with Crippen molar-refractivity contribution in [3.63, 3.8) is 0 Å². The third-order valence-corrected chi connectivity index (χ3v) is 5.46. The Morgan fingerprint density at radius 3 is 2.83 bits per heavy atom. The summed E-state index contributed by atoms with van der Waals surface area (Å²) >= 11 is 7.26. The van der Waals surface area contributed by atoms with E-state index in [-0.39, 0.29) is 17.8 Å². The molecule has 1 atom stereocenters. The molecule has 0 bridgehead atoms. The summed E-state index contributed by atoms with van der Waals surface area (Å²) in [6.45, 7) is 8.26. The van der Waals surface area contributed by atoms with Crippen molar-refractivity contribution in [1.82, 2.24) is 14.8 Å². The minimum absolute atomic E-state index is 0.152. The van der Waals surface area contributed by atoms with Gasteiger partial charge in [0.05, 0.1) is 5.75 Å². The van der Waals surface area contributed by atoms with Crippen LogP contribution in [0.3, 0.4) is 0 Å². The average Bonchev–Trinajstić information content (AvgIpc) is 3.11. The predicted molar refractivity (Wildman–Crippen MR) is 121 cm³/mol. The molecule has 1 N–H and O–H groups in total. The monoisotopic (exact) mass is 442 g/mol. The minimum atomic E-state index is -0.312. The van der Waals surface area contributed by atoms with Gasteiger partial charge in [-0.2, -0.15) is 0 Å². The number of nitrogens with zero attached hydrogens (tertiary/aromatic N) is 3. The maximum Gasteiger partial charge on any atom is 0.234 e. The summed E-state index contributed by atoms with van der Waals surface area (Å²) in [7, 11) is 0. The molecule has 1 heterocycles. The molecule has 30 heavy (non-hydrogen) atoms. The van der Waals surface area contributed by atoms with Crippen LogP contribution in [0.2, 0.25) is 5.02 Å². The van der Waals surface area contributed by atoms with Crippen molar-refractivity contribution in [1.29, 1.82) is 0 Å². The van der Waals surface area contributed by atoms with Crippen molar-refractivity contribution in [3.05, 3.63) is 77.6 Å². The van der Waals surface area contributed by atoms with Gasteiger partial charge in [-0.25, -0.2) is 0 Å². The zero-order chi connectivity index (χ0) is 21.5. The number of aryl methyl sites for hydroxylation is 1. The third-order valence-electron chi connectivity index (χ3n) is 4.26. The van der Waals surface area contributed by atoms with Gasteiger partial charge in [0.2, 0.25) is 5.91 Å². The largest absolute Gasteiger partial charge is 0.482 e. The first-order valence-electron chi connectivity index (χ1n) is 9.42. The Balaban J connectivity index is 1.68.